The Labute approximate surface area is 137 Å². The molecule has 0 unspecified atom stereocenters. The normalized spacial score (nSPS) is 17.7. The lowest BCUT2D eigenvalue weighted by atomic mass is 10.1. The number of amides is 1. The Bertz CT molecular complexity index is 913. The lowest BCUT2D eigenvalue weighted by molar-refractivity contribution is 0.0732. The van der Waals surface area contributed by atoms with Crippen LogP contribution in [0.2, 0.25) is 0 Å². The molecule has 4 rings (SSSR count). The number of carbonyl (C=O) groups is 1. The van der Waals surface area contributed by atoms with Crippen LogP contribution in [0.15, 0.2) is 56.4 Å². The third kappa shape index (κ3) is 2.47. The first-order valence-electron chi connectivity index (χ1n) is 7.60. The minimum Gasteiger partial charge on any atom is -0.422 e. The molecule has 0 aliphatic carbocycles. The number of nitrogens with zero attached hydrogens (tertiary/aromatic N) is 1. The molecule has 0 N–H and O–H groups in total. The second-order valence-electron chi connectivity index (χ2n) is 5.70. The number of carbonyl (C=O) groups excluding carboxylic acids is 1. The summed E-state index contributed by atoms with van der Waals surface area (Å²) in [6.07, 6.45) is 1.88. The van der Waals surface area contributed by atoms with Crippen molar-refractivity contribution in [1.82, 2.24) is 4.90 Å². The molecule has 2 aromatic heterocycles. The number of rotatable bonds is 2. The van der Waals surface area contributed by atoms with Crippen LogP contribution in [-0.2, 0) is 0 Å². The van der Waals surface area contributed by atoms with Gasteiger partial charge < -0.3 is 9.32 Å². The Balaban J connectivity index is 1.74. The molecular weight excluding hydrogens is 310 g/mol. The number of likely N-dealkylation sites (tertiary alicyclic amines) is 1. The van der Waals surface area contributed by atoms with E-state index < -0.39 is 5.63 Å². The van der Waals surface area contributed by atoms with Crippen molar-refractivity contribution in [3.8, 4) is 0 Å². The van der Waals surface area contributed by atoms with E-state index in [1.807, 2.05) is 23.6 Å². The van der Waals surface area contributed by atoms with Crippen LogP contribution in [0.3, 0.4) is 0 Å². The van der Waals surface area contributed by atoms with Crippen LogP contribution in [0.25, 0.3) is 11.0 Å². The van der Waals surface area contributed by atoms with Gasteiger partial charge in [0.05, 0.1) is 6.04 Å². The first-order chi connectivity index (χ1) is 11.2. The van der Waals surface area contributed by atoms with E-state index in [-0.39, 0.29) is 17.5 Å². The predicted molar refractivity (Wildman–Crippen MR) is 89.8 cm³/mol. The third-order valence-electron chi connectivity index (χ3n) is 4.31. The molecule has 1 atom stereocenters. The Hall–Kier alpha value is -2.40. The summed E-state index contributed by atoms with van der Waals surface area (Å²) in [6, 6.07) is 11.0. The van der Waals surface area contributed by atoms with E-state index in [0.29, 0.717) is 12.1 Å². The van der Waals surface area contributed by atoms with E-state index >= 15 is 0 Å². The molecule has 0 saturated carbocycles. The largest absolute Gasteiger partial charge is 0.422 e. The number of para-hydroxylation sites is 1. The Kier molecular flexibility index (Phi) is 3.50. The molecule has 23 heavy (non-hydrogen) atoms. The fourth-order valence-corrected chi connectivity index (χ4v) is 3.89. The van der Waals surface area contributed by atoms with E-state index in [2.05, 4.69) is 5.38 Å². The van der Waals surface area contributed by atoms with Gasteiger partial charge >= 0.3 is 5.63 Å². The molecule has 1 saturated heterocycles. The van der Waals surface area contributed by atoms with Crippen LogP contribution >= 0.6 is 11.3 Å². The summed E-state index contributed by atoms with van der Waals surface area (Å²) in [5.74, 6) is -0.238. The number of benzene rings is 1. The van der Waals surface area contributed by atoms with Crippen molar-refractivity contribution in [2.45, 2.75) is 18.9 Å². The van der Waals surface area contributed by atoms with Crippen molar-refractivity contribution in [2.75, 3.05) is 6.54 Å². The van der Waals surface area contributed by atoms with Gasteiger partial charge in [-0.2, -0.15) is 11.3 Å². The van der Waals surface area contributed by atoms with Crippen molar-refractivity contribution >= 4 is 28.2 Å². The zero-order valence-corrected chi connectivity index (χ0v) is 13.2. The van der Waals surface area contributed by atoms with Crippen molar-refractivity contribution in [3.05, 3.63) is 68.7 Å². The predicted octanol–water partition coefficient (Wildman–Crippen LogP) is 3.83. The fourth-order valence-electron chi connectivity index (χ4n) is 3.19. The maximum Gasteiger partial charge on any atom is 0.349 e. The Morgan fingerprint density at radius 3 is 2.96 bits per heavy atom. The average Bonchev–Trinajstić information content (AvgIpc) is 3.24. The summed E-state index contributed by atoms with van der Waals surface area (Å²) >= 11 is 1.62. The second-order valence-corrected chi connectivity index (χ2v) is 6.48. The summed E-state index contributed by atoms with van der Waals surface area (Å²) in [5, 5.41) is 4.85. The molecule has 1 fully saturated rings. The SMILES string of the molecule is O=C(c1cc2ccccc2oc1=O)N1CCC[C@@H]1c1ccsc1. The fraction of sp³-hybridized carbons (Fsp3) is 0.222. The molecule has 116 valence electrons. The van der Waals surface area contributed by atoms with Crippen LogP contribution in [0.4, 0.5) is 0 Å². The molecule has 1 amide bonds. The number of hydrogen-bond donors (Lipinski definition) is 0. The van der Waals surface area contributed by atoms with Crippen LogP contribution in [0.5, 0.6) is 0 Å². The standard InChI is InChI=1S/C18H15NO3S/c20-17(19-8-3-5-15(19)13-7-9-23-11-13)14-10-12-4-1-2-6-16(12)22-18(14)21/h1-2,4,6-7,9-11,15H,3,5,8H2/t15-/m1/s1. The summed E-state index contributed by atoms with van der Waals surface area (Å²) < 4.78 is 5.30. The van der Waals surface area contributed by atoms with Crippen molar-refractivity contribution in [1.29, 1.82) is 0 Å². The van der Waals surface area contributed by atoms with Crippen molar-refractivity contribution in [3.63, 3.8) is 0 Å². The van der Waals surface area contributed by atoms with Crippen molar-refractivity contribution in [2.24, 2.45) is 0 Å². The molecule has 3 aromatic rings. The molecular formula is C18H15NO3S. The van der Waals surface area contributed by atoms with Gasteiger partial charge in [0.2, 0.25) is 0 Å². The molecule has 5 heteroatoms. The van der Waals surface area contributed by atoms with Gasteiger partial charge in [-0.15, -0.1) is 0 Å². The third-order valence-corrected chi connectivity index (χ3v) is 5.01. The average molecular weight is 325 g/mol. The quantitative estimate of drug-likeness (QED) is 0.673. The molecule has 0 radical (unpaired) electrons. The smallest absolute Gasteiger partial charge is 0.349 e. The summed E-state index contributed by atoms with van der Waals surface area (Å²) in [5.41, 5.74) is 1.20. The van der Waals surface area contributed by atoms with E-state index in [0.717, 1.165) is 23.8 Å². The molecule has 1 aromatic carbocycles. The van der Waals surface area contributed by atoms with Gasteiger partial charge in [0.1, 0.15) is 11.1 Å². The van der Waals surface area contributed by atoms with Crippen molar-refractivity contribution < 1.29 is 9.21 Å². The lowest BCUT2D eigenvalue weighted by Gasteiger charge is -2.23. The highest BCUT2D eigenvalue weighted by molar-refractivity contribution is 7.08. The minimum atomic E-state index is -0.565. The highest BCUT2D eigenvalue weighted by Gasteiger charge is 2.32. The first-order valence-corrected chi connectivity index (χ1v) is 8.54. The minimum absolute atomic E-state index is 0.0552. The molecule has 1 aliphatic rings. The molecule has 0 bridgehead atoms. The van der Waals surface area contributed by atoms with Crippen LogP contribution < -0.4 is 5.63 Å². The highest BCUT2D eigenvalue weighted by Crippen LogP contribution is 2.34. The van der Waals surface area contributed by atoms with E-state index in [1.165, 1.54) is 0 Å². The van der Waals surface area contributed by atoms with Gasteiger partial charge in [-0.05, 0) is 47.4 Å². The van der Waals surface area contributed by atoms with E-state index in [9.17, 15) is 9.59 Å². The summed E-state index contributed by atoms with van der Waals surface area (Å²) in [4.78, 5) is 26.9. The van der Waals surface area contributed by atoms with Gasteiger partial charge in [0.15, 0.2) is 0 Å². The summed E-state index contributed by atoms with van der Waals surface area (Å²) in [7, 11) is 0. The van der Waals surface area contributed by atoms with Gasteiger partial charge in [0, 0.05) is 11.9 Å². The summed E-state index contributed by atoms with van der Waals surface area (Å²) in [6.45, 7) is 0.672. The van der Waals surface area contributed by atoms with Gasteiger partial charge in [-0.1, -0.05) is 18.2 Å². The zero-order valence-electron chi connectivity index (χ0n) is 12.4. The van der Waals surface area contributed by atoms with E-state index in [4.69, 9.17) is 4.42 Å². The second kappa shape index (κ2) is 5.66. The first kappa shape index (κ1) is 14.2. The zero-order chi connectivity index (χ0) is 15.8. The number of hydrogen-bond acceptors (Lipinski definition) is 4. The maximum absolute atomic E-state index is 12.9. The molecule has 3 heterocycles. The van der Waals surface area contributed by atoms with Gasteiger partial charge in [-0.25, -0.2) is 4.79 Å². The molecule has 4 nitrogen and oxygen atoms in total. The maximum atomic E-state index is 12.9. The number of thiophene rings is 1. The topological polar surface area (TPSA) is 50.5 Å². The highest BCUT2D eigenvalue weighted by atomic mass is 32.1. The lowest BCUT2D eigenvalue weighted by Crippen LogP contribution is -2.33. The monoisotopic (exact) mass is 325 g/mol. The van der Waals surface area contributed by atoms with Gasteiger partial charge in [0.25, 0.3) is 5.91 Å². The Morgan fingerprint density at radius 2 is 2.13 bits per heavy atom. The van der Waals surface area contributed by atoms with E-state index in [1.54, 1.807) is 34.4 Å². The molecule has 1 aliphatic heterocycles. The van der Waals surface area contributed by atoms with Crippen LogP contribution in [0.1, 0.15) is 34.8 Å². The Morgan fingerprint density at radius 1 is 1.26 bits per heavy atom. The van der Waals surface area contributed by atoms with Crippen LogP contribution in [0, 0.1) is 0 Å². The van der Waals surface area contributed by atoms with Crippen LogP contribution in [-0.4, -0.2) is 17.4 Å². The molecule has 0 spiro atoms. The number of fused-ring (bicyclic) bond motifs is 1. The van der Waals surface area contributed by atoms with Gasteiger partial charge in [-0.3, -0.25) is 4.79 Å².